The van der Waals surface area contributed by atoms with Gasteiger partial charge in [0, 0.05) is 24.5 Å². The molecule has 7 rings (SSSR count). The number of morpholine rings is 1. The quantitative estimate of drug-likeness (QED) is 0.246. The number of hydrogen-bond acceptors (Lipinski definition) is 8. The highest BCUT2D eigenvalue weighted by Crippen LogP contribution is 2.31. The number of fused-ring (bicyclic) bond motifs is 2. The maximum absolute atomic E-state index is 14.3. The number of ketones is 1. The zero-order valence-corrected chi connectivity index (χ0v) is 26.0. The highest BCUT2D eigenvalue weighted by molar-refractivity contribution is 7.90. The van der Waals surface area contributed by atoms with E-state index in [0.717, 1.165) is 38.5 Å². The summed E-state index contributed by atoms with van der Waals surface area (Å²) in [5, 5.41) is 5.03. The van der Waals surface area contributed by atoms with E-state index in [9.17, 15) is 13.2 Å². The first-order valence-corrected chi connectivity index (χ1v) is 16.2. The number of imidazole rings is 1. The number of aryl methyl sites for hydroxylation is 2. The third-order valence-corrected chi connectivity index (χ3v) is 10.1. The minimum Gasteiger partial charge on any atom is -0.383 e. The lowest BCUT2D eigenvalue weighted by Crippen LogP contribution is -2.42. The van der Waals surface area contributed by atoms with Crippen LogP contribution in [0.15, 0.2) is 77.8 Å². The van der Waals surface area contributed by atoms with E-state index in [1.54, 1.807) is 30.3 Å². The number of carbonyl (C=O) groups excluding carboxylic acids is 1. The fraction of sp³-hybridized carbons (Fsp3) is 0.242. The second-order valence-corrected chi connectivity index (χ2v) is 13.4. The summed E-state index contributed by atoms with van der Waals surface area (Å²) >= 11 is 0. The van der Waals surface area contributed by atoms with E-state index in [1.807, 2.05) is 50.2 Å². The largest absolute Gasteiger partial charge is 0.383 e. The Balaban J connectivity index is 1.34. The SMILES string of the molecule is Cc1ccc(S(=O)(=O)n2c(C(=O)c3cnn(-c4ccc5nc(C)[nH]c5c4)c3N)cc3ccc(CN4CCOC[C@@H]4C)cc32)cc1. The van der Waals surface area contributed by atoms with Crippen molar-refractivity contribution in [2.75, 3.05) is 25.5 Å². The Bertz CT molecular complexity index is 2200. The number of nitrogens with two attached hydrogens (primary N) is 1. The summed E-state index contributed by atoms with van der Waals surface area (Å²) in [6.45, 7) is 8.56. The average Bonchev–Trinajstić information content (AvgIpc) is 3.71. The van der Waals surface area contributed by atoms with Gasteiger partial charge in [0.1, 0.15) is 17.3 Å². The van der Waals surface area contributed by atoms with Crippen LogP contribution in [0, 0.1) is 13.8 Å². The summed E-state index contributed by atoms with van der Waals surface area (Å²) in [7, 11) is -4.18. The molecule has 11 nitrogen and oxygen atoms in total. The van der Waals surface area contributed by atoms with E-state index in [-0.39, 0.29) is 28.0 Å². The second-order valence-electron chi connectivity index (χ2n) is 11.6. The van der Waals surface area contributed by atoms with Gasteiger partial charge >= 0.3 is 0 Å². The van der Waals surface area contributed by atoms with Crippen LogP contribution < -0.4 is 5.73 Å². The first kappa shape index (κ1) is 29.0. The van der Waals surface area contributed by atoms with Crippen LogP contribution in [0.4, 0.5) is 5.82 Å². The van der Waals surface area contributed by atoms with Gasteiger partial charge in [-0.2, -0.15) is 5.10 Å². The fourth-order valence-electron chi connectivity index (χ4n) is 5.92. The molecule has 6 aromatic rings. The third kappa shape index (κ3) is 5.10. The van der Waals surface area contributed by atoms with E-state index in [2.05, 4.69) is 26.9 Å². The lowest BCUT2D eigenvalue weighted by atomic mass is 10.1. The van der Waals surface area contributed by atoms with Crippen molar-refractivity contribution < 1.29 is 17.9 Å². The Morgan fingerprint density at radius 2 is 1.87 bits per heavy atom. The highest BCUT2D eigenvalue weighted by atomic mass is 32.2. The van der Waals surface area contributed by atoms with Crippen molar-refractivity contribution >= 4 is 43.6 Å². The Morgan fingerprint density at radius 1 is 1.07 bits per heavy atom. The van der Waals surface area contributed by atoms with Gasteiger partial charge in [-0.15, -0.1) is 0 Å². The summed E-state index contributed by atoms with van der Waals surface area (Å²) in [6, 6.07) is 19.6. The van der Waals surface area contributed by atoms with Gasteiger partial charge in [0.2, 0.25) is 5.78 Å². The maximum Gasteiger partial charge on any atom is 0.268 e. The van der Waals surface area contributed by atoms with Gasteiger partial charge in [-0.05, 0) is 68.8 Å². The van der Waals surface area contributed by atoms with E-state index in [4.69, 9.17) is 10.5 Å². The normalized spacial score (nSPS) is 16.1. The highest BCUT2D eigenvalue weighted by Gasteiger charge is 2.30. The maximum atomic E-state index is 14.3. The van der Waals surface area contributed by atoms with Crippen LogP contribution in [0.2, 0.25) is 0 Å². The number of ether oxygens (including phenoxy) is 1. The van der Waals surface area contributed by atoms with Crippen LogP contribution in [0.1, 0.15) is 39.9 Å². The number of aromatic nitrogens is 5. The summed E-state index contributed by atoms with van der Waals surface area (Å²) in [5.41, 5.74) is 11.1. The summed E-state index contributed by atoms with van der Waals surface area (Å²) in [5.74, 6) is 0.325. The first-order valence-electron chi connectivity index (χ1n) is 14.7. The molecule has 1 atom stereocenters. The van der Waals surface area contributed by atoms with Crippen molar-refractivity contribution in [3.8, 4) is 5.69 Å². The monoisotopic (exact) mass is 623 g/mol. The molecule has 0 radical (unpaired) electrons. The molecule has 1 aliphatic heterocycles. The van der Waals surface area contributed by atoms with Crippen molar-refractivity contribution in [2.24, 2.45) is 0 Å². The molecule has 0 bridgehead atoms. The van der Waals surface area contributed by atoms with Gasteiger partial charge in [-0.25, -0.2) is 22.1 Å². The van der Waals surface area contributed by atoms with Crippen molar-refractivity contribution in [2.45, 2.75) is 38.3 Å². The number of anilines is 1. The van der Waals surface area contributed by atoms with E-state index in [0.29, 0.717) is 36.3 Å². The summed E-state index contributed by atoms with van der Waals surface area (Å²) in [4.78, 5) is 24.2. The lowest BCUT2D eigenvalue weighted by molar-refractivity contribution is -0.00435. The number of nitrogens with one attached hydrogen (secondary N) is 1. The topological polar surface area (TPSA) is 141 Å². The fourth-order valence-corrected chi connectivity index (χ4v) is 7.42. The molecule has 0 spiro atoms. The van der Waals surface area contributed by atoms with Gasteiger partial charge in [0.15, 0.2) is 0 Å². The molecule has 1 aliphatic rings. The van der Waals surface area contributed by atoms with Crippen LogP contribution in [-0.4, -0.2) is 68.6 Å². The zero-order valence-electron chi connectivity index (χ0n) is 25.2. The Kier molecular flexibility index (Phi) is 7.07. The third-order valence-electron chi connectivity index (χ3n) is 8.39. The Morgan fingerprint density at radius 3 is 2.64 bits per heavy atom. The summed E-state index contributed by atoms with van der Waals surface area (Å²) < 4.78 is 36.8. The predicted octanol–water partition coefficient (Wildman–Crippen LogP) is 4.59. The molecule has 3 aromatic heterocycles. The molecule has 3 N–H and O–H groups in total. The Labute approximate surface area is 260 Å². The Hall–Kier alpha value is -4.78. The van der Waals surface area contributed by atoms with Crippen LogP contribution >= 0.6 is 0 Å². The molecule has 230 valence electrons. The van der Waals surface area contributed by atoms with Crippen molar-refractivity contribution in [1.29, 1.82) is 0 Å². The van der Waals surface area contributed by atoms with E-state index in [1.165, 1.54) is 10.9 Å². The van der Waals surface area contributed by atoms with Gasteiger partial charge in [-0.3, -0.25) is 9.69 Å². The van der Waals surface area contributed by atoms with Crippen LogP contribution in [0.3, 0.4) is 0 Å². The molecule has 1 fully saturated rings. The minimum atomic E-state index is -4.18. The number of rotatable bonds is 7. The van der Waals surface area contributed by atoms with E-state index < -0.39 is 15.8 Å². The van der Waals surface area contributed by atoms with Crippen molar-refractivity contribution in [3.63, 3.8) is 0 Å². The van der Waals surface area contributed by atoms with Gasteiger partial charge in [0.25, 0.3) is 10.0 Å². The molecule has 0 unspecified atom stereocenters. The minimum absolute atomic E-state index is 0.0200. The molecule has 1 saturated heterocycles. The molecule has 0 saturated carbocycles. The number of nitrogens with zero attached hydrogens (tertiary/aromatic N) is 5. The number of benzene rings is 3. The van der Waals surface area contributed by atoms with Crippen molar-refractivity contribution in [3.05, 3.63) is 101 Å². The second kappa shape index (κ2) is 11.0. The molecule has 0 amide bonds. The molecule has 4 heterocycles. The van der Waals surface area contributed by atoms with Gasteiger partial charge in [-0.1, -0.05) is 29.8 Å². The number of aromatic amines is 1. The molecular weight excluding hydrogens is 590 g/mol. The number of H-pyrrole nitrogens is 1. The van der Waals surface area contributed by atoms with E-state index >= 15 is 0 Å². The van der Waals surface area contributed by atoms with Crippen LogP contribution in [-0.2, 0) is 21.3 Å². The lowest BCUT2D eigenvalue weighted by Gasteiger charge is -2.33. The predicted molar refractivity (Wildman–Crippen MR) is 172 cm³/mol. The standard InChI is InChI=1S/C33H33N7O4S/c1-20-4-9-26(10-5-20)45(42,43)40-30-14-23(18-38-12-13-44-19-21(38)2)6-7-24(30)15-31(40)32(41)27-17-35-39(33(27)34)25-8-11-28-29(16-25)37-22(3)36-28/h4-11,14-17,21H,12-13,18-19,34H2,1-3H3,(H,36,37)/t21-/m0/s1. The number of hydrogen-bond donors (Lipinski definition) is 2. The number of carbonyl (C=O) groups is 1. The van der Waals surface area contributed by atoms with Gasteiger partial charge < -0.3 is 15.5 Å². The summed E-state index contributed by atoms with van der Waals surface area (Å²) in [6.07, 6.45) is 1.38. The van der Waals surface area contributed by atoms with Gasteiger partial charge in [0.05, 0.1) is 52.1 Å². The molecule has 3 aromatic carbocycles. The van der Waals surface area contributed by atoms with Crippen LogP contribution in [0.25, 0.3) is 27.6 Å². The van der Waals surface area contributed by atoms with Crippen molar-refractivity contribution in [1.82, 2.24) is 28.6 Å². The molecule has 45 heavy (non-hydrogen) atoms. The molecule has 12 heteroatoms. The smallest absolute Gasteiger partial charge is 0.268 e. The molecule has 0 aliphatic carbocycles. The van der Waals surface area contributed by atoms with Crippen LogP contribution in [0.5, 0.6) is 0 Å². The number of nitrogen functional groups attached to an aromatic ring is 1. The zero-order chi connectivity index (χ0) is 31.5. The first-order chi connectivity index (χ1) is 21.6. The molecular formula is C33H33N7O4S. The average molecular weight is 624 g/mol.